The highest BCUT2D eigenvalue weighted by atomic mass is 16.4. The van der Waals surface area contributed by atoms with Crippen molar-refractivity contribution in [2.45, 2.75) is 12.5 Å². The first kappa shape index (κ1) is 11.4. The van der Waals surface area contributed by atoms with Crippen LogP contribution in [-0.4, -0.2) is 39.3 Å². The summed E-state index contributed by atoms with van der Waals surface area (Å²) in [7, 11) is 0. The zero-order valence-electron chi connectivity index (χ0n) is 6.34. The number of rotatable bonds is 5. The number of carbonyl (C=O) groups excluding carboxylic acids is 1. The minimum Gasteiger partial charge on any atom is -0.549 e. The monoisotopic (exact) mass is 191 g/mol. The Hall–Kier alpha value is -1.63. The van der Waals surface area contributed by atoms with Gasteiger partial charge in [-0.25, -0.2) is 0 Å². The lowest BCUT2D eigenvalue weighted by Crippen LogP contribution is -2.44. The predicted octanol–water partition coefficient (Wildman–Crippen LogP) is -2.73. The standard InChI is InChI=1S/C6H8O7/c7-2(1-3(8)9)4(5(10)11)6(12)13/h2,4,7H,1H2,(H,8,9)(H,10,11)(H,12,13)/p-1. The molecule has 0 rings (SSSR count). The smallest absolute Gasteiger partial charge is 0.314 e. The normalized spacial score (nSPS) is 14.5. The second-order valence-corrected chi connectivity index (χ2v) is 2.30. The molecule has 0 heterocycles. The fraction of sp³-hybridized carbons (Fsp3) is 0.500. The van der Waals surface area contributed by atoms with Gasteiger partial charge in [-0.1, -0.05) is 0 Å². The lowest BCUT2D eigenvalue weighted by Gasteiger charge is -2.17. The molecule has 0 aromatic rings. The molecule has 0 aromatic carbocycles. The number of aliphatic carboxylic acids is 3. The van der Waals surface area contributed by atoms with Gasteiger partial charge in [-0.3, -0.25) is 9.59 Å². The Bertz CT molecular complexity index is 219. The maximum absolute atomic E-state index is 10.2. The topological polar surface area (TPSA) is 135 Å². The minimum absolute atomic E-state index is 0.953. The van der Waals surface area contributed by atoms with Crippen molar-refractivity contribution in [2.24, 2.45) is 5.92 Å². The molecule has 2 atom stereocenters. The van der Waals surface area contributed by atoms with E-state index in [1.165, 1.54) is 0 Å². The molecule has 0 aliphatic rings. The molecule has 0 fully saturated rings. The fourth-order valence-electron chi connectivity index (χ4n) is 0.719. The second kappa shape index (κ2) is 4.41. The van der Waals surface area contributed by atoms with Gasteiger partial charge in [0.05, 0.1) is 18.5 Å². The number of aliphatic hydroxyl groups excluding tert-OH is 1. The Kier molecular flexibility index (Phi) is 3.86. The van der Waals surface area contributed by atoms with Crippen LogP contribution in [0.2, 0.25) is 0 Å². The summed E-state index contributed by atoms with van der Waals surface area (Å²) < 4.78 is 0. The number of carboxylic acids is 3. The van der Waals surface area contributed by atoms with Gasteiger partial charge in [0.25, 0.3) is 0 Å². The van der Waals surface area contributed by atoms with Crippen molar-refractivity contribution in [1.82, 2.24) is 0 Å². The zero-order valence-corrected chi connectivity index (χ0v) is 6.34. The molecule has 0 spiro atoms. The molecule has 3 N–H and O–H groups in total. The van der Waals surface area contributed by atoms with Crippen LogP contribution in [0.25, 0.3) is 0 Å². The summed E-state index contributed by atoms with van der Waals surface area (Å²) in [5.41, 5.74) is 0. The highest BCUT2D eigenvalue weighted by molar-refractivity contribution is 5.93. The minimum atomic E-state index is -2.21. The van der Waals surface area contributed by atoms with Crippen molar-refractivity contribution in [1.29, 1.82) is 0 Å². The van der Waals surface area contributed by atoms with E-state index in [4.69, 9.17) is 15.3 Å². The molecule has 0 aliphatic heterocycles. The third kappa shape index (κ3) is 3.52. The molecule has 0 aromatic heterocycles. The molecule has 74 valence electrons. The third-order valence-corrected chi connectivity index (χ3v) is 1.29. The molecule has 13 heavy (non-hydrogen) atoms. The summed E-state index contributed by atoms with van der Waals surface area (Å²) in [6, 6.07) is 0. The average molecular weight is 191 g/mol. The summed E-state index contributed by atoms with van der Waals surface area (Å²) in [4.78, 5) is 30.3. The third-order valence-electron chi connectivity index (χ3n) is 1.29. The summed E-state index contributed by atoms with van der Waals surface area (Å²) in [6.45, 7) is 0. The molecule has 0 bridgehead atoms. The second-order valence-electron chi connectivity index (χ2n) is 2.30. The molecule has 0 amide bonds. The van der Waals surface area contributed by atoms with Crippen LogP contribution in [0.1, 0.15) is 6.42 Å². The Labute approximate surface area is 72.2 Å². The molecular formula is C6H7O7-. The van der Waals surface area contributed by atoms with Gasteiger partial charge in [0.15, 0.2) is 0 Å². The first-order valence-corrected chi connectivity index (χ1v) is 3.19. The Morgan fingerprint density at radius 3 is 1.92 bits per heavy atom. The van der Waals surface area contributed by atoms with Crippen LogP contribution in [0, 0.1) is 5.92 Å². The van der Waals surface area contributed by atoms with E-state index in [1.807, 2.05) is 0 Å². The van der Waals surface area contributed by atoms with Gasteiger partial charge in [0.2, 0.25) is 0 Å². The van der Waals surface area contributed by atoms with E-state index < -0.39 is 36.4 Å². The van der Waals surface area contributed by atoms with E-state index in [1.54, 1.807) is 0 Å². The lowest BCUT2D eigenvalue weighted by molar-refractivity contribution is -0.313. The summed E-state index contributed by atoms with van der Waals surface area (Å²) >= 11 is 0. The predicted molar refractivity (Wildman–Crippen MR) is 34.4 cm³/mol. The summed E-state index contributed by atoms with van der Waals surface area (Å²) in [5.74, 6) is -7.54. The molecule has 7 heteroatoms. The SMILES string of the molecule is O=C(O)CC(O)C(C(=O)[O-])C(=O)O. The van der Waals surface area contributed by atoms with Gasteiger partial charge in [0.1, 0.15) is 5.92 Å². The van der Waals surface area contributed by atoms with Crippen LogP contribution in [0.15, 0.2) is 0 Å². The van der Waals surface area contributed by atoms with Gasteiger partial charge in [-0.05, 0) is 0 Å². The largest absolute Gasteiger partial charge is 0.549 e. The van der Waals surface area contributed by atoms with Crippen molar-refractivity contribution in [3.05, 3.63) is 0 Å². The van der Waals surface area contributed by atoms with Gasteiger partial charge in [-0.2, -0.15) is 0 Å². The number of hydrogen-bond donors (Lipinski definition) is 3. The summed E-state index contributed by atoms with van der Waals surface area (Å²) in [6.07, 6.45) is -2.94. The Balaban J connectivity index is 4.46. The molecule has 0 saturated heterocycles. The maximum Gasteiger partial charge on any atom is 0.314 e. The first-order valence-electron chi connectivity index (χ1n) is 3.19. The molecular weight excluding hydrogens is 184 g/mol. The van der Waals surface area contributed by atoms with Crippen molar-refractivity contribution < 1.29 is 34.8 Å². The van der Waals surface area contributed by atoms with E-state index >= 15 is 0 Å². The van der Waals surface area contributed by atoms with Crippen molar-refractivity contribution in [2.75, 3.05) is 0 Å². The van der Waals surface area contributed by atoms with Gasteiger partial charge in [0, 0.05) is 0 Å². The Morgan fingerprint density at radius 1 is 1.23 bits per heavy atom. The maximum atomic E-state index is 10.2. The van der Waals surface area contributed by atoms with E-state index in [0.717, 1.165) is 0 Å². The van der Waals surface area contributed by atoms with Crippen molar-refractivity contribution >= 4 is 17.9 Å². The Morgan fingerprint density at radius 2 is 1.69 bits per heavy atom. The number of hydrogen-bond acceptors (Lipinski definition) is 5. The number of aliphatic hydroxyl groups is 1. The fourth-order valence-corrected chi connectivity index (χ4v) is 0.719. The van der Waals surface area contributed by atoms with Crippen molar-refractivity contribution in [3.8, 4) is 0 Å². The van der Waals surface area contributed by atoms with Crippen LogP contribution in [-0.2, 0) is 14.4 Å². The van der Waals surface area contributed by atoms with Crippen LogP contribution in [0.3, 0.4) is 0 Å². The van der Waals surface area contributed by atoms with Gasteiger partial charge in [-0.15, -0.1) is 0 Å². The molecule has 0 aliphatic carbocycles. The van der Waals surface area contributed by atoms with Crippen LogP contribution in [0.4, 0.5) is 0 Å². The van der Waals surface area contributed by atoms with E-state index in [0.29, 0.717) is 0 Å². The molecule has 2 unspecified atom stereocenters. The molecule has 0 radical (unpaired) electrons. The summed E-state index contributed by atoms with van der Waals surface area (Å²) in [5, 5.41) is 35.3. The zero-order chi connectivity index (χ0) is 10.6. The number of carbonyl (C=O) groups is 3. The van der Waals surface area contributed by atoms with Gasteiger partial charge >= 0.3 is 11.9 Å². The average Bonchev–Trinajstić information content (AvgIpc) is 1.81. The van der Waals surface area contributed by atoms with Crippen LogP contribution in [0.5, 0.6) is 0 Å². The van der Waals surface area contributed by atoms with Crippen LogP contribution < -0.4 is 5.11 Å². The van der Waals surface area contributed by atoms with E-state index in [-0.39, 0.29) is 0 Å². The quantitative estimate of drug-likeness (QED) is 0.401. The first-order chi connectivity index (χ1) is 5.86. The highest BCUT2D eigenvalue weighted by Gasteiger charge is 2.29. The van der Waals surface area contributed by atoms with Gasteiger partial charge < -0.3 is 25.2 Å². The molecule has 0 saturated carbocycles. The molecule has 7 nitrogen and oxygen atoms in total. The van der Waals surface area contributed by atoms with Crippen molar-refractivity contribution in [3.63, 3.8) is 0 Å². The highest BCUT2D eigenvalue weighted by Crippen LogP contribution is 2.07. The number of carboxylic acid groups (broad SMARTS) is 3. The van der Waals surface area contributed by atoms with Crippen LogP contribution >= 0.6 is 0 Å². The van der Waals surface area contributed by atoms with E-state index in [9.17, 15) is 19.5 Å². The lowest BCUT2D eigenvalue weighted by atomic mass is 10.0. The van der Waals surface area contributed by atoms with E-state index in [2.05, 4.69) is 0 Å².